The number of amides is 1. The average Bonchev–Trinajstić information content (AvgIpc) is 2.96. The molecule has 0 bridgehead atoms. The quantitative estimate of drug-likeness (QED) is 0.282. The first-order valence-corrected chi connectivity index (χ1v) is 15.2. The molecule has 1 saturated heterocycles. The molecule has 0 aliphatic carbocycles. The van der Waals surface area contributed by atoms with Crippen LogP contribution >= 0.6 is 11.6 Å². The lowest BCUT2D eigenvalue weighted by Crippen LogP contribution is -2.43. The Hall–Kier alpha value is -3.62. The summed E-state index contributed by atoms with van der Waals surface area (Å²) in [5.74, 6) is -0.536. The number of carbonyl (C=O) groups is 1. The molecule has 1 unspecified atom stereocenters. The van der Waals surface area contributed by atoms with Gasteiger partial charge in [-0.15, -0.1) is 0 Å². The van der Waals surface area contributed by atoms with Crippen molar-refractivity contribution in [3.8, 4) is 5.75 Å². The van der Waals surface area contributed by atoms with Gasteiger partial charge in [-0.2, -0.15) is 18.2 Å². The predicted octanol–water partition coefficient (Wildman–Crippen LogP) is 5.07. The van der Waals surface area contributed by atoms with Crippen LogP contribution in [0.25, 0.3) is 0 Å². The molecule has 2 heterocycles. The number of ether oxygens (including phenoxy) is 1. The number of anilines is 4. The van der Waals surface area contributed by atoms with E-state index in [1.54, 1.807) is 43.4 Å². The van der Waals surface area contributed by atoms with Gasteiger partial charge in [-0.3, -0.25) is 9.10 Å². The number of halogens is 4. The van der Waals surface area contributed by atoms with E-state index in [0.29, 0.717) is 33.7 Å². The molecule has 3 N–H and O–H groups in total. The smallest absolute Gasteiger partial charge is 0.421 e. The van der Waals surface area contributed by atoms with Crippen LogP contribution in [0, 0.1) is 0 Å². The maximum Gasteiger partial charge on any atom is 0.421 e. The fourth-order valence-electron chi connectivity index (χ4n) is 4.56. The number of likely N-dealkylation sites (tertiary alicyclic amines) is 1. The SMILES string of the molecule is COc1cc(C(=O)NC2CCN(C)CC2)ccc1Nc1ncc(C(F)(F)F)c(NCc2ccc(Cl)cc2N(C)S(C)=O)n1. The summed E-state index contributed by atoms with van der Waals surface area (Å²) < 4.78 is 60.5. The van der Waals surface area contributed by atoms with Crippen molar-refractivity contribution in [3.63, 3.8) is 0 Å². The number of nitrogens with one attached hydrogen (secondary N) is 3. The van der Waals surface area contributed by atoms with Crippen LogP contribution in [0.4, 0.5) is 36.3 Å². The fourth-order valence-corrected chi connectivity index (χ4v) is 5.17. The van der Waals surface area contributed by atoms with Gasteiger partial charge in [-0.25, -0.2) is 9.19 Å². The number of nitrogens with zero attached hydrogens (tertiary/aromatic N) is 4. The third-order valence-corrected chi connectivity index (χ3v) is 8.28. The third-order valence-electron chi connectivity index (χ3n) is 7.08. The lowest BCUT2D eigenvalue weighted by molar-refractivity contribution is -0.137. The molecule has 43 heavy (non-hydrogen) atoms. The van der Waals surface area contributed by atoms with Gasteiger partial charge in [0, 0.05) is 42.7 Å². The normalized spacial score (nSPS) is 15.1. The van der Waals surface area contributed by atoms with E-state index < -0.39 is 28.5 Å². The third kappa shape index (κ3) is 8.27. The first-order valence-electron chi connectivity index (χ1n) is 13.3. The minimum Gasteiger partial charge on any atom is -0.495 e. The van der Waals surface area contributed by atoms with Crippen molar-refractivity contribution < 1.29 is 26.9 Å². The second-order valence-electron chi connectivity index (χ2n) is 10.1. The van der Waals surface area contributed by atoms with Gasteiger partial charge in [-0.1, -0.05) is 17.7 Å². The fraction of sp³-hybridized carbons (Fsp3) is 0.393. The minimum absolute atomic E-state index is 0.0714. The number of hydrogen-bond acceptors (Lipinski definition) is 8. The molecule has 1 fully saturated rings. The summed E-state index contributed by atoms with van der Waals surface area (Å²) in [7, 11) is 3.66. The van der Waals surface area contributed by atoms with Crippen molar-refractivity contribution in [2.45, 2.75) is 31.6 Å². The van der Waals surface area contributed by atoms with E-state index in [0.717, 1.165) is 25.9 Å². The molecular weight excluding hydrogens is 607 g/mol. The van der Waals surface area contributed by atoms with Crippen molar-refractivity contribution in [1.82, 2.24) is 20.2 Å². The maximum atomic E-state index is 13.9. The van der Waals surface area contributed by atoms with Crippen LogP contribution < -0.4 is 25.0 Å². The van der Waals surface area contributed by atoms with Crippen molar-refractivity contribution in [2.24, 2.45) is 0 Å². The largest absolute Gasteiger partial charge is 0.495 e. The molecule has 1 aliphatic rings. The molecule has 1 aromatic heterocycles. The topological polar surface area (TPSA) is 112 Å². The van der Waals surface area contributed by atoms with Crippen molar-refractivity contribution >= 4 is 51.6 Å². The van der Waals surface area contributed by atoms with Crippen molar-refractivity contribution in [2.75, 3.05) is 55.5 Å². The number of hydrogen-bond donors (Lipinski definition) is 3. The Balaban J connectivity index is 1.55. The average molecular weight is 640 g/mol. The van der Waals surface area contributed by atoms with Gasteiger partial charge >= 0.3 is 6.18 Å². The molecule has 232 valence electrons. The predicted molar refractivity (Wildman–Crippen MR) is 163 cm³/mol. The van der Waals surface area contributed by atoms with Gasteiger partial charge in [0.25, 0.3) is 5.91 Å². The van der Waals surface area contributed by atoms with E-state index in [-0.39, 0.29) is 30.2 Å². The Kier molecular flexibility index (Phi) is 10.4. The number of methoxy groups -OCH3 is 1. The number of rotatable bonds is 10. The van der Waals surface area contributed by atoms with Gasteiger partial charge in [0.2, 0.25) is 5.95 Å². The summed E-state index contributed by atoms with van der Waals surface area (Å²) in [5.41, 5.74) is 0.726. The van der Waals surface area contributed by atoms with Gasteiger partial charge in [0.1, 0.15) is 28.1 Å². The van der Waals surface area contributed by atoms with E-state index in [2.05, 4.69) is 30.8 Å². The number of benzene rings is 2. The van der Waals surface area contributed by atoms with Gasteiger partial charge in [0.05, 0.1) is 18.5 Å². The van der Waals surface area contributed by atoms with Crippen molar-refractivity contribution in [3.05, 3.63) is 64.3 Å². The summed E-state index contributed by atoms with van der Waals surface area (Å²) in [6.45, 7) is 1.73. The molecule has 2 aromatic carbocycles. The molecule has 3 aromatic rings. The maximum absolute atomic E-state index is 13.9. The van der Waals surface area contributed by atoms with E-state index in [4.69, 9.17) is 16.3 Å². The van der Waals surface area contributed by atoms with Gasteiger partial charge < -0.3 is 25.6 Å². The Morgan fingerprint density at radius 3 is 2.58 bits per heavy atom. The second kappa shape index (κ2) is 13.8. The number of alkyl halides is 3. The Morgan fingerprint density at radius 2 is 1.93 bits per heavy atom. The summed E-state index contributed by atoms with van der Waals surface area (Å²) in [4.78, 5) is 23.0. The van der Waals surface area contributed by atoms with Crippen LogP contribution in [0.5, 0.6) is 5.75 Å². The molecular formula is C28H33ClF3N7O3S. The highest BCUT2D eigenvalue weighted by molar-refractivity contribution is 7.85. The zero-order valence-corrected chi connectivity index (χ0v) is 25.7. The summed E-state index contributed by atoms with van der Waals surface area (Å²) in [6, 6.07) is 9.61. The van der Waals surface area contributed by atoms with E-state index >= 15 is 0 Å². The van der Waals surface area contributed by atoms with Crippen LogP contribution in [0.2, 0.25) is 5.02 Å². The molecule has 0 radical (unpaired) electrons. The Morgan fingerprint density at radius 1 is 1.21 bits per heavy atom. The summed E-state index contributed by atoms with van der Waals surface area (Å²) >= 11 is 6.11. The first kappa shape index (κ1) is 32.3. The molecule has 1 aliphatic heterocycles. The number of carbonyl (C=O) groups excluding carboxylic acids is 1. The zero-order valence-electron chi connectivity index (χ0n) is 24.1. The molecule has 0 saturated carbocycles. The molecule has 10 nitrogen and oxygen atoms in total. The molecule has 0 spiro atoms. The lowest BCUT2D eigenvalue weighted by atomic mass is 10.0. The molecule has 15 heteroatoms. The van der Waals surface area contributed by atoms with Gasteiger partial charge in [-0.05, 0) is 68.9 Å². The lowest BCUT2D eigenvalue weighted by Gasteiger charge is -2.29. The summed E-state index contributed by atoms with van der Waals surface area (Å²) in [5, 5.41) is 9.06. The molecule has 4 rings (SSSR count). The highest BCUT2D eigenvalue weighted by atomic mass is 35.5. The summed E-state index contributed by atoms with van der Waals surface area (Å²) in [6.07, 6.45) is -0.857. The van der Waals surface area contributed by atoms with E-state index in [1.165, 1.54) is 17.7 Å². The minimum atomic E-state index is -4.73. The Labute approximate surface area is 255 Å². The van der Waals surface area contributed by atoms with Crippen LogP contribution in [0.15, 0.2) is 42.6 Å². The molecule has 1 atom stereocenters. The van der Waals surface area contributed by atoms with Crippen molar-refractivity contribution in [1.29, 1.82) is 0 Å². The number of aromatic nitrogens is 2. The molecule has 1 amide bonds. The number of piperidine rings is 1. The van der Waals surface area contributed by atoms with Gasteiger partial charge in [0.15, 0.2) is 0 Å². The highest BCUT2D eigenvalue weighted by Gasteiger charge is 2.35. The zero-order chi connectivity index (χ0) is 31.3. The standard InChI is InChI=1S/C28H33ClF3N7O3S/c1-38-11-9-20(10-12-38)35-26(40)17-6-8-22(24(13-17)42-3)36-27-34-16-21(28(30,31)32)25(37-27)33-15-18-5-7-19(29)14-23(18)39(2)43(4)41/h5-8,13-14,16,20H,9-12,15H2,1-4H3,(H,35,40)(H2,33,34,36,37). The monoisotopic (exact) mass is 639 g/mol. The van der Waals surface area contributed by atoms with Crippen LogP contribution in [-0.4, -0.2) is 71.6 Å². The van der Waals surface area contributed by atoms with Crippen LogP contribution in [-0.2, 0) is 23.7 Å². The van der Waals surface area contributed by atoms with Crippen LogP contribution in [0.1, 0.15) is 34.3 Å². The van der Waals surface area contributed by atoms with E-state index in [1.807, 2.05) is 7.05 Å². The Bertz CT molecular complexity index is 1490. The second-order valence-corrected chi connectivity index (χ2v) is 11.9. The van der Waals surface area contributed by atoms with E-state index in [9.17, 15) is 22.2 Å². The highest BCUT2D eigenvalue weighted by Crippen LogP contribution is 2.36. The van der Waals surface area contributed by atoms with Crippen LogP contribution in [0.3, 0.4) is 0 Å². The first-order chi connectivity index (χ1) is 20.3.